The summed E-state index contributed by atoms with van der Waals surface area (Å²) in [7, 11) is -10.8. The number of carbonyl (C=O) groups excluding carboxylic acids is 3. The van der Waals surface area contributed by atoms with E-state index in [9.17, 15) is 28.1 Å². The van der Waals surface area contributed by atoms with Gasteiger partial charge in [-0.05, 0) is 127 Å². The molecule has 0 bridgehead atoms. The molecule has 11 atom stereocenters. The molecular formula is C87H159N18O15P3S4. The lowest BCUT2D eigenvalue weighted by Crippen LogP contribution is -2.36. The van der Waals surface area contributed by atoms with Crippen LogP contribution in [-0.2, 0) is 131 Å². The van der Waals surface area contributed by atoms with Gasteiger partial charge >= 0.3 is 17.9 Å². The quantitative estimate of drug-likeness (QED) is 0.00894. The number of aromatic nitrogens is 12. The number of carbonyl (C=O) groups is 3. The molecule has 0 saturated heterocycles. The Bertz CT molecular complexity index is 4040. The Morgan fingerprint density at radius 1 is 0.346 bits per heavy atom. The first kappa shape index (κ1) is 114. The molecule has 40 heteroatoms. The fourth-order valence-corrected chi connectivity index (χ4v) is 22.6. The van der Waals surface area contributed by atoms with Crippen LogP contribution in [0.4, 0.5) is 17.5 Å². The number of hydrogen-bond acceptors (Lipinski definition) is 29. The third-order valence-corrected chi connectivity index (χ3v) is 31.0. The van der Waals surface area contributed by atoms with E-state index in [1.807, 2.05) is 36.8 Å². The maximum atomic E-state index is 13.9. The van der Waals surface area contributed by atoms with Gasteiger partial charge in [-0.2, -0.15) is 0 Å². The zero-order valence-electron chi connectivity index (χ0n) is 79.2. The van der Waals surface area contributed by atoms with Crippen molar-refractivity contribution in [3.63, 3.8) is 0 Å². The van der Waals surface area contributed by atoms with E-state index in [1.165, 1.54) is 186 Å². The van der Waals surface area contributed by atoms with Gasteiger partial charge in [0.25, 0.3) is 22.6 Å². The molecule has 6 rings (SSSR count). The second-order valence-corrected chi connectivity index (χ2v) is 46.4. The maximum Gasteiger partial charge on any atom is 0.323 e. The molecule has 0 aliphatic heterocycles. The van der Waals surface area contributed by atoms with Crippen LogP contribution >= 0.6 is 22.6 Å². The summed E-state index contributed by atoms with van der Waals surface area (Å²) in [6.45, 7) is 29.5. The van der Waals surface area contributed by atoms with Crippen molar-refractivity contribution in [3.05, 3.63) is 38.0 Å². The predicted molar refractivity (Wildman–Crippen MR) is 521 cm³/mol. The minimum Gasteiger partial charge on any atom is -0.462 e. The van der Waals surface area contributed by atoms with E-state index < -0.39 is 58.6 Å². The van der Waals surface area contributed by atoms with Gasteiger partial charge in [0, 0.05) is 11.5 Å². The molecule has 0 aliphatic rings. The van der Waals surface area contributed by atoms with Crippen LogP contribution in [0.5, 0.6) is 0 Å². The molecule has 0 fully saturated rings. The van der Waals surface area contributed by atoms with Gasteiger partial charge in [-0.15, -0.1) is 18.9 Å². The highest BCUT2D eigenvalue weighted by atomic mass is 32.8. The smallest absolute Gasteiger partial charge is 0.323 e. The van der Waals surface area contributed by atoms with Crippen molar-refractivity contribution in [2.24, 2.45) is 0 Å². The lowest BCUT2D eigenvalue weighted by molar-refractivity contribution is -0.149. The summed E-state index contributed by atoms with van der Waals surface area (Å²) < 4.78 is 97.6. The second-order valence-electron chi connectivity index (χ2n) is 33.8. The van der Waals surface area contributed by atoms with Crippen LogP contribution in [0.25, 0.3) is 33.5 Å². The molecule has 6 heterocycles. The first-order chi connectivity index (χ1) is 60.7. The SMILES string of the molecule is CCCCCCCCCCCCCCCCS(=S)CCCOP(=O)(CO[C@H](C)Cn1cnc2c(N)ncnc21)N[C@@H](C)C(=O)OC(C)C.CCCCCCCCCCCCCCCCS(=S)CCCO[P@@](=O)(CO[C@H](C)Cn1cnc2c(N)ncnc21)N[C@@H](C)C(=O)OC(C)C.CCCCO[P@](=O)(CO[C@H](C)Cn1cnc2c(N)ncnc21)N[C@@H](C)C(=O)OC(C)C. The minimum absolute atomic E-state index is 0.122. The Kier molecular flexibility index (Phi) is 58.9. The molecule has 0 aliphatic carbocycles. The van der Waals surface area contributed by atoms with Crippen molar-refractivity contribution in [3.8, 4) is 0 Å². The average Bonchev–Trinajstić information content (AvgIpc) is 1.68. The first-order valence-corrected chi connectivity index (χ1v) is 57.1. The molecule has 6 aromatic rings. The number of imidazole rings is 3. The van der Waals surface area contributed by atoms with Gasteiger partial charge in [0.2, 0.25) is 0 Å². The molecule has 6 aromatic heterocycles. The lowest BCUT2D eigenvalue weighted by atomic mass is 10.0. The van der Waals surface area contributed by atoms with Crippen LogP contribution in [0.1, 0.15) is 309 Å². The van der Waals surface area contributed by atoms with Gasteiger partial charge in [-0.1, -0.05) is 217 Å². The maximum absolute atomic E-state index is 13.9. The van der Waals surface area contributed by atoms with Crippen molar-refractivity contribution in [2.75, 3.05) is 79.1 Å². The summed E-state index contributed by atoms with van der Waals surface area (Å²) in [5.74, 6) is 3.19. The van der Waals surface area contributed by atoms with E-state index in [4.69, 9.17) is 81.6 Å². The molecule has 127 heavy (non-hydrogen) atoms. The Labute approximate surface area is 772 Å². The number of nitrogens with zero attached hydrogens (tertiary/aromatic N) is 12. The number of esters is 3. The van der Waals surface area contributed by atoms with Crippen LogP contribution in [0, 0.1) is 0 Å². The molecule has 3 unspecified atom stereocenters. The summed E-state index contributed by atoms with van der Waals surface area (Å²) in [5, 5.41) is 8.53. The minimum atomic E-state index is -3.56. The Hall–Kier alpha value is -5.07. The monoisotopic (exact) mass is 1920 g/mol. The molecule has 0 saturated carbocycles. The third-order valence-electron chi connectivity index (χ3n) is 20.4. The van der Waals surface area contributed by atoms with Crippen molar-refractivity contribution < 1.29 is 70.1 Å². The highest BCUT2D eigenvalue weighted by Gasteiger charge is 2.34. The number of rotatable bonds is 71. The van der Waals surface area contributed by atoms with Crippen molar-refractivity contribution in [1.82, 2.24) is 73.8 Å². The highest BCUT2D eigenvalue weighted by molar-refractivity contribution is 8.29. The standard InChI is InChI=1S/2C34H63N6O5PS2.C19H33N6O5P/c2*1-6-7-8-9-10-11-12-13-14-15-16-17-18-19-22-48(47)23-20-21-44-46(42,39-30(5)34(41)45-28(2)3)27-43-29(4)24-40-26-38-31-32(35)36-25-37-33(31)40;1-6-7-8-29-31(27,24-15(5)19(26)30-13(2)3)12-28-14(4)9-25-11-23-16-17(20)21-10-22-18(16)25/h2*25-26,28-30H,6-24,27H2,1-5H3,(H,39,42)(H2,35,36,37);10-11,13-15H,6-9,12H2,1-5H3,(H,24,27)(H2,20,21,22)/t29-,30+,46?,48?;29-,30+,46+,48?;14-,15+,31-/m111/s1. The first-order valence-electron chi connectivity index (χ1n) is 46.7. The zero-order valence-corrected chi connectivity index (χ0v) is 85.1. The topological polar surface area (TPSA) is 430 Å². The Balaban J connectivity index is 0.000000409. The number of unbranched alkanes of at least 4 members (excludes halogenated alkanes) is 27. The summed E-state index contributed by atoms with van der Waals surface area (Å²) in [4.78, 5) is 74.5. The van der Waals surface area contributed by atoms with Gasteiger partial charge in [-0.3, -0.25) is 28.1 Å². The zero-order chi connectivity index (χ0) is 93.4. The van der Waals surface area contributed by atoms with Crippen LogP contribution in [0.15, 0.2) is 38.0 Å². The summed E-state index contributed by atoms with van der Waals surface area (Å²) in [5.41, 5.74) is 20.9. The number of nitrogens with one attached hydrogen (secondary N) is 3. The molecule has 0 radical (unpaired) electrons. The summed E-state index contributed by atoms with van der Waals surface area (Å²) in [6.07, 6.45) is 47.2. The van der Waals surface area contributed by atoms with E-state index in [1.54, 1.807) is 85.9 Å². The Morgan fingerprint density at radius 2 is 0.575 bits per heavy atom. The van der Waals surface area contributed by atoms with Crippen LogP contribution in [0.2, 0.25) is 0 Å². The van der Waals surface area contributed by atoms with Gasteiger partial charge in [0.15, 0.2) is 34.4 Å². The van der Waals surface area contributed by atoms with Gasteiger partial charge in [-0.25, -0.2) is 60.1 Å². The summed E-state index contributed by atoms with van der Waals surface area (Å²) in [6, 6.07) is -2.46. The van der Waals surface area contributed by atoms with Gasteiger partial charge in [0.05, 0.1) is 95.1 Å². The molecule has 0 amide bonds. The number of fused-ring (bicyclic) bond motifs is 3. The average molecular weight is 1920 g/mol. The summed E-state index contributed by atoms with van der Waals surface area (Å²) >= 11 is 11.5. The molecular weight excluding hydrogens is 1760 g/mol. The van der Waals surface area contributed by atoms with Crippen LogP contribution in [-0.4, -0.2) is 193 Å². The van der Waals surface area contributed by atoms with E-state index in [0.29, 0.717) is 90.0 Å². The number of nitrogens with two attached hydrogens (primary N) is 3. The fourth-order valence-electron chi connectivity index (χ4n) is 13.5. The Morgan fingerprint density at radius 3 is 0.819 bits per heavy atom. The lowest BCUT2D eigenvalue weighted by Gasteiger charge is -2.25. The number of hydrogen-bond donors (Lipinski definition) is 6. The number of ether oxygens (including phenoxy) is 6. The highest BCUT2D eigenvalue weighted by Crippen LogP contribution is 2.46. The van der Waals surface area contributed by atoms with Gasteiger partial charge < -0.3 is 72.9 Å². The van der Waals surface area contributed by atoms with Gasteiger partial charge in [0.1, 0.15) is 72.7 Å². The molecule has 0 spiro atoms. The molecule has 0 aromatic carbocycles. The van der Waals surface area contributed by atoms with E-state index >= 15 is 0 Å². The fraction of sp³-hybridized carbons (Fsp3) is 0.793. The second kappa shape index (κ2) is 65.5. The van der Waals surface area contributed by atoms with Crippen LogP contribution < -0.4 is 32.5 Å². The predicted octanol–water partition coefficient (Wildman–Crippen LogP) is 18.4. The molecule has 726 valence electrons. The van der Waals surface area contributed by atoms with E-state index in [-0.39, 0.29) is 87.8 Å². The van der Waals surface area contributed by atoms with Crippen LogP contribution in [0.3, 0.4) is 0 Å². The normalized spacial score (nSPS) is 15.2. The number of nitrogen functional groups attached to an aromatic ring is 3. The van der Waals surface area contributed by atoms with Crippen molar-refractivity contribution >= 4 is 133 Å². The molecule has 9 N–H and O–H groups in total. The van der Waals surface area contributed by atoms with E-state index in [0.717, 1.165) is 48.7 Å². The van der Waals surface area contributed by atoms with Crippen molar-refractivity contribution in [1.29, 1.82) is 0 Å². The molecule has 33 nitrogen and oxygen atoms in total. The van der Waals surface area contributed by atoms with Crippen molar-refractivity contribution in [2.45, 2.75) is 384 Å². The number of anilines is 3. The third kappa shape index (κ3) is 49.0. The largest absolute Gasteiger partial charge is 0.462 e. The van der Waals surface area contributed by atoms with E-state index in [2.05, 4.69) is 74.0 Å².